The first-order valence-corrected chi connectivity index (χ1v) is 10.8. The molecular weight excluding hydrogens is 390 g/mol. The molecule has 2 aliphatic rings. The topological polar surface area (TPSA) is 99.6 Å². The Balaban J connectivity index is 1.64. The van der Waals surface area contributed by atoms with Gasteiger partial charge in [0.2, 0.25) is 5.91 Å². The maximum atomic E-state index is 13.2. The second kappa shape index (κ2) is 8.70. The molecule has 0 spiro atoms. The molecule has 2 fully saturated rings. The third-order valence-electron chi connectivity index (χ3n) is 6.98. The molecule has 162 valence electrons. The number of ether oxygens (including phenoxy) is 1. The quantitative estimate of drug-likeness (QED) is 0.776. The zero-order valence-electron chi connectivity index (χ0n) is 17.8. The van der Waals surface area contributed by atoms with Crippen LogP contribution < -0.4 is 10.5 Å². The number of rotatable bonds is 5. The monoisotopic (exact) mass is 419 g/mol. The average molecular weight is 420 g/mol. The Morgan fingerprint density at radius 3 is 2.68 bits per heavy atom. The number of methoxy groups -OCH3 is 1. The van der Waals surface area contributed by atoms with Gasteiger partial charge in [-0.3, -0.25) is 4.79 Å². The molecule has 3 N–H and O–H groups in total. The second-order valence-electron chi connectivity index (χ2n) is 8.79. The molecule has 0 unspecified atom stereocenters. The maximum Gasteiger partial charge on any atom is 0.244 e. The van der Waals surface area contributed by atoms with Crippen molar-refractivity contribution in [3.63, 3.8) is 0 Å². The Kier molecular flexibility index (Phi) is 5.99. The highest BCUT2D eigenvalue weighted by Gasteiger charge is 2.54. The summed E-state index contributed by atoms with van der Waals surface area (Å²) in [6.07, 6.45) is 1.69. The summed E-state index contributed by atoms with van der Waals surface area (Å²) >= 11 is 0. The third-order valence-corrected chi connectivity index (χ3v) is 6.98. The van der Waals surface area contributed by atoms with Crippen molar-refractivity contribution >= 4 is 5.91 Å². The van der Waals surface area contributed by atoms with Crippen molar-refractivity contribution in [3.05, 3.63) is 65.7 Å². The lowest BCUT2D eigenvalue weighted by molar-refractivity contribution is -0.132. The Morgan fingerprint density at radius 2 is 1.97 bits per heavy atom. The molecule has 6 heteroatoms. The summed E-state index contributed by atoms with van der Waals surface area (Å²) < 4.78 is 5.55. The van der Waals surface area contributed by atoms with Gasteiger partial charge in [-0.15, -0.1) is 0 Å². The number of nitrogens with two attached hydrogens (primary N) is 1. The molecule has 1 amide bonds. The fourth-order valence-corrected chi connectivity index (χ4v) is 5.53. The highest BCUT2D eigenvalue weighted by molar-refractivity contribution is 5.83. The van der Waals surface area contributed by atoms with Crippen molar-refractivity contribution in [3.8, 4) is 11.8 Å². The number of nitriles is 1. The van der Waals surface area contributed by atoms with Crippen molar-refractivity contribution < 1.29 is 14.6 Å². The van der Waals surface area contributed by atoms with E-state index in [9.17, 15) is 15.2 Å². The van der Waals surface area contributed by atoms with Crippen molar-refractivity contribution in [2.24, 2.45) is 23.5 Å². The van der Waals surface area contributed by atoms with E-state index in [-0.39, 0.29) is 23.7 Å². The SMILES string of the molecule is COc1ccccc1[C@]1(O)C[C@H](CC#N)C[C@H]2CN(C(=O)[C@@H](N)c3ccccc3)C[C@H]21. The predicted molar refractivity (Wildman–Crippen MR) is 117 cm³/mol. The fraction of sp³-hybridized carbons (Fsp3) is 0.440. The molecule has 31 heavy (non-hydrogen) atoms. The number of amides is 1. The molecule has 4 rings (SSSR count). The van der Waals surface area contributed by atoms with Crippen LogP contribution in [0, 0.1) is 29.1 Å². The minimum atomic E-state index is -1.16. The molecule has 5 atom stereocenters. The van der Waals surface area contributed by atoms with Crippen LogP contribution in [0.4, 0.5) is 0 Å². The smallest absolute Gasteiger partial charge is 0.244 e. The van der Waals surface area contributed by atoms with Gasteiger partial charge in [0.15, 0.2) is 0 Å². The van der Waals surface area contributed by atoms with E-state index in [2.05, 4.69) is 6.07 Å². The van der Waals surface area contributed by atoms with Crippen LogP contribution in [0.5, 0.6) is 5.75 Å². The standard InChI is InChI=1S/C25H29N3O3/c1-31-22-10-6-5-9-20(22)25(30)14-17(11-12-26)13-19-15-28(16-21(19)25)24(29)23(27)18-7-3-2-4-8-18/h2-10,17,19,21,23,30H,11,13-16,27H2,1H3/t17-,19+,21-,23+,25-/m1/s1. The largest absolute Gasteiger partial charge is 0.496 e. The molecular formula is C25H29N3O3. The van der Waals surface area contributed by atoms with Crippen molar-refractivity contribution in [2.75, 3.05) is 20.2 Å². The average Bonchev–Trinajstić information content (AvgIpc) is 3.24. The highest BCUT2D eigenvalue weighted by Crippen LogP contribution is 2.52. The van der Waals surface area contributed by atoms with Gasteiger partial charge in [0.05, 0.1) is 18.8 Å². The first kappa shape index (κ1) is 21.4. The molecule has 1 heterocycles. The predicted octanol–water partition coefficient (Wildman–Crippen LogP) is 2.98. The summed E-state index contributed by atoms with van der Waals surface area (Å²) in [4.78, 5) is 15.0. The van der Waals surface area contributed by atoms with E-state index in [0.717, 1.165) is 17.5 Å². The lowest BCUT2D eigenvalue weighted by Crippen LogP contribution is -2.46. The molecule has 1 aliphatic carbocycles. The van der Waals surface area contributed by atoms with Crippen LogP contribution >= 0.6 is 0 Å². The third kappa shape index (κ3) is 3.91. The second-order valence-corrected chi connectivity index (χ2v) is 8.79. The van der Waals surface area contributed by atoms with Crippen LogP contribution in [0.2, 0.25) is 0 Å². The lowest BCUT2D eigenvalue weighted by Gasteiger charge is -2.45. The number of aliphatic hydroxyl groups is 1. The molecule has 0 bridgehead atoms. The van der Waals surface area contributed by atoms with Gasteiger partial charge in [-0.25, -0.2) is 0 Å². The Labute approximate surface area is 183 Å². The Morgan fingerprint density at radius 1 is 1.26 bits per heavy atom. The fourth-order valence-electron chi connectivity index (χ4n) is 5.53. The zero-order valence-corrected chi connectivity index (χ0v) is 17.8. The van der Waals surface area contributed by atoms with Crippen LogP contribution in [0.15, 0.2) is 54.6 Å². The van der Waals surface area contributed by atoms with Gasteiger partial charge in [0, 0.05) is 31.0 Å². The van der Waals surface area contributed by atoms with Crippen LogP contribution in [0.1, 0.15) is 36.4 Å². The number of para-hydroxylation sites is 1. The van der Waals surface area contributed by atoms with Gasteiger partial charge in [0.1, 0.15) is 11.8 Å². The summed E-state index contributed by atoms with van der Waals surface area (Å²) in [5, 5.41) is 21.3. The molecule has 2 aromatic rings. The minimum absolute atomic E-state index is 0.0685. The van der Waals surface area contributed by atoms with E-state index < -0.39 is 11.6 Å². The van der Waals surface area contributed by atoms with Crippen molar-refractivity contribution in [1.82, 2.24) is 4.90 Å². The van der Waals surface area contributed by atoms with Gasteiger partial charge >= 0.3 is 0 Å². The zero-order chi connectivity index (χ0) is 22.0. The van der Waals surface area contributed by atoms with E-state index >= 15 is 0 Å². The van der Waals surface area contributed by atoms with Crippen LogP contribution in [-0.2, 0) is 10.4 Å². The van der Waals surface area contributed by atoms with Gasteiger partial charge < -0.3 is 20.5 Å². The number of likely N-dealkylation sites (tertiary alicyclic amines) is 1. The first-order chi connectivity index (χ1) is 15.0. The first-order valence-electron chi connectivity index (χ1n) is 10.8. The van der Waals surface area contributed by atoms with Gasteiger partial charge in [-0.2, -0.15) is 5.26 Å². The van der Waals surface area contributed by atoms with Crippen LogP contribution in [0.3, 0.4) is 0 Å². The number of carbonyl (C=O) groups excluding carboxylic acids is 1. The molecule has 2 aromatic carbocycles. The minimum Gasteiger partial charge on any atom is -0.496 e. The maximum absolute atomic E-state index is 13.2. The highest BCUT2D eigenvalue weighted by atomic mass is 16.5. The van der Waals surface area contributed by atoms with E-state index in [1.54, 1.807) is 12.0 Å². The van der Waals surface area contributed by atoms with Crippen molar-refractivity contribution in [2.45, 2.75) is 30.9 Å². The summed E-state index contributed by atoms with van der Waals surface area (Å²) in [6, 6.07) is 18.4. The number of hydrogen-bond donors (Lipinski definition) is 2. The summed E-state index contributed by atoms with van der Waals surface area (Å²) in [5.41, 5.74) is 6.64. The molecule has 6 nitrogen and oxygen atoms in total. The number of nitrogens with zero attached hydrogens (tertiary/aromatic N) is 2. The molecule has 1 saturated carbocycles. The van der Waals surface area contributed by atoms with Gasteiger partial charge in [-0.1, -0.05) is 48.5 Å². The van der Waals surface area contributed by atoms with E-state index in [1.807, 2.05) is 54.6 Å². The molecule has 1 aliphatic heterocycles. The molecule has 0 aromatic heterocycles. The van der Waals surface area contributed by atoms with Crippen LogP contribution in [-0.4, -0.2) is 36.1 Å². The Hall–Kier alpha value is -2.88. The number of hydrogen-bond acceptors (Lipinski definition) is 5. The van der Waals surface area contributed by atoms with E-state index in [4.69, 9.17) is 10.5 Å². The summed E-state index contributed by atoms with van der Waals surface area (Å²) in [5.74, 6) is 0.547. The summed E-state index contributed by atoms with van der Waals surface area (Å²) in [7, 11) is 1.60. The number of benzene rings is 2. The Bertz CT molecular complexity index is 973. The van der Waals surface area contributed by atoms with Gasteiger partial charge in [-0.05, 0) is 36.3 Å². The van der Waals surface area contributed by atoms with E-state index in [1.165, 1.54) is 0 Å². The van der Waals surface area contributed by atoms with Crippen molar-refractivity contribution in [1.29, 1.82) is 5.26 Å². The van der Waals surface area contributed by atoms with E-state index in [0.29, 0.717) is 31.7 Å². The lowest BCUT2D eigenvalue weighted by atomic mass is 9.63. The van der Waals surface area contributed by atoms with Gasteiger partial charge in [0.25, 0.3) is 0 Å². The summed E-state index contributed by atoms with van der Waals surface area (Å²) in [6.45, 7) is 0.987. The van der Waals surface area contributed by atoms with Crippen LogP contribution in [0.25, 0.3) is 0 Å². The molecule has 0 radical (unpaired) electrons. The molecule has 1 saturated heterocycles. The normalized spacial score (nSPS) is 28.5. The number of fused-ring (bicyclic) bond motifs is 1. The number of carbonyl (C=O) groups is 1.